The monoisotopic (exact) mass is 368 g/mol. The van der Waals surface area contributed by atoms with Gasteiger partial charge in [0.1, 0.15) is 11.3 Å². The molecule has 1 rings (SSSR count). The predicted octanol–water partition coefficient (Wildman–Crippen LogP) is 2.15. The lowest BCUT2D eigenvalue weighted by Crippen LogP contribution is -2.03. The summed E-state index contributed by atoms with van der Waals surface area (Å²) in [6.07, 6.45) is 0. The zero-order chi connectivity index (χ0) is 15.2. The van der Waals surface area contributed by atoms with Crippen LogP contribution in [0.4, 0.5) is 0 Å². The molecule has 6 nitrogen and oxygen atoms in total. The molecule has 0 unspecified atom stereocenters. The summed E-state index contributed by atoms with van der Waals surface area (Å²) < 4.78 is 35.3. The fourth-order valence-electron chi connectivity index (χ4n) is 0.940. The molecule has 1 aromatic carbocycles. The van der Waals surface area contributed by atoms with E-state index in [1.165, 1.54) is 0 Å². The van der Waals surface area contributed by atoms with Gasteiger partial charge in [0, 0.05) is 10.7 Å². The molecule has 0 spiro atoms. The highest BCUT2D eigenvalue weighted by Crippen LogP contribution is 2.23. The van der Waals surface area contributed by atoms with Crippen LogP contribution in [0.3, 0.4) is 0 Å². The van der Waals surface area contributed by atoms with Gasteiger partial charge in [0.2, 0.25) is 0 Å². The third kappa shape index (κ3) is 7.09. The van der Waals surface area contributed by atoms with E-state index in [0.29, 0.717) is 0 Å². The molecule has 0 heterocycles. The quantitative estimate of drug-likeness (QED) is 0.486. The molecule has 19 heavy (non-hydrogen) atoms. The maximum atomic E-state index is 11.1. The van der Waals surface area contributed by atoms with Crippen LogP contribution in [0.15, 0.2) is 23.1 Å². The molecule has 0 aromatic heterocycles. The molecule has 0 radical (unpaired) electrons. The molecule has 11 heteroatoms. The van der Waals surface area contributed by atoms with E-state index in [0.717, 1.165) is 25.3 Å². The summed E-state index contributed by atoms with van der Waals surface area (Å²) in [6, 6.07) is 3.09. The third-order valence-electron chi connectivity index (χ3n) is 1.65. The number of rotatable bonds is 2. The van der Waals surface area contributed by atoms with Gasteiger partial charge < -0.3 is 14.4 Å². The molecule has 0 aliphatic heterocycles. The number of benzene rings is 1. The minimum absolute atomic E-state index is 0.251. The maximum Gasteiger partial charge on any atom is 0.341 e. The molecule has 0 saturated carbocycles. The number of phenols is 1. The first-order chi connectivity index (χ1) is 8.59. The summed E-state index contributed by atoms with van der Waals surface area (Å²) in [6.45, 7) is 0. The molecule has 108 valence electrons. The molecule has 1 N–H and O–H groups in total. The Morgan fingerprint density at radius 3 is 2.26 bits per heavy atom. The minimum atomic E-state index is -3.93. The Morgan fingerprint density at radius 2 is 1.89 bits per heavy atom. The van der Waals surface area contributed by atoms with E-state index in [9.17, 15) is 18.3 Å². The van der Waals surface area contributed by atoms with Crippen LogP contribution in [-0.2, 0) is 23.4 Å². The number of carbonyl (C=O) groups excluding carboxylic acids is 1. The van der Waals surface area contributed by atoms with Crippen LogP contribution in [-0.4, -0.2) is 31.2 Å². The number of esters is 1. The van der Waals surface area contributed by atoms with E-state index in [-0.39, 0.29) is 16.2 Å². The van der Waals surface area contributed by atoms with Crippen molar-refractivity contribution in [2.45, 2.75) is 4.90 Å². The molecule has 0 aliphatic carbocycles. The number of phenolic OH excluding ortho intramolecular Hbond substituents is 1. The maximum absolute atomic E-state index is 11.1. The Kier molecular flexibility index (Phi) is 7.87. The summed E-state index contributed by atoms with van der Waals surface area (Å²) >= 11 is 0. The number of hydrogen-bond acceptors (Lipinski definition) is 6. The van der Waals surface area contributed by atoms with Crippen LogP contribution < -0.4 is 0 Å². The van der Waals surface area contributed by atoms with Gasteiger partial charge in [-0.25, -0.2) is 13.2 Å². The highest BCUT2D eigenvalue weighted by atomic mass is 36.0. The fraction of sp³-hybridized carbons (Fsp3) is 0.125. The van der Waals surface area contributed by atoms with Gasteiger partial charge >= 0.3 is 5.97 Å². The van der Waals surface area contributed by atoms with E-state index in [4.69, 9.17) is 15.2 Å². The van der Waals surface area contributed by atoms with Gasteiger partial charge in [0.05, 0.1) is 12.0 Å². The largest absolute Gasteiger partial charge is 0.582 e. The van der Waals surface area contributed by atoms with Crippen LogP contribution in [0, 0.1) is 0 Å². The van der Waals surface area contributed by atoms with E-state index in [1.54, 1.807) is 0 Å². The number of hydrogen-bond donors (Lipinski definition) is 1. The van der Waals surface area contributed by atoms with E-state index >= 15 is 0 Å². The topological polar surface area (TPSA) is 104 Å². The van der Waals surface area contributed by atoms with Crippen molar-refractivity contribution in [2.75, 3.05) is 7.11 Å². The second-order valence-corrected chi connectivity index (χ2v) is 7.88. The number of ether oxygens (including phenoxy) is 1. The van der Waals surface area contributed by atoms with Gasteiger partial charge in [-0.05, 0) is 18.2 Å². The smallest absolute Gasteiger partial charge is 0.341 e. The Balaban J connectivity index is 0.000000711. The van der Waals surface area contributed by atoms with Crippen molar-refractivity contribution in [1.82, 2.24) is 0 Å². The van der Waals surface area contributed by atoms with Crippen molar-refractivity contribution in [1.29, 1.82) is 0 Å². The van der Waals surface area contributed by atoms with Gasteiger partial charge in [-0.15, -0.1) is 0 Å². The van der Waals surface area contributed by atoms with Crippen LogP contribution in [0.2, 0.25) is 0 Å². The summed E-state index contributed by atoms with van der Waals surface area (Å²) in [5.74, 6) is -1.21. The van der Waals surface area contributed by atoms with E-state index in [2.05, 4.69) is 26.1 Å². The van der Waals surface area contributed by atoms with E-state index in [1.807, 2.05) is 0 Å². The fourth-order valence-corrected chi connectivity index (χ4v) is 1.72. The Hall–Kier alpha value is -0.380. The number of aromatic hydroxyl groups is 1. The minimum Gasteiger partial charge on any atom is -0.582 e. The first kappa shape index (κ1) is 18.6. The van der Waals surface area contributed by atoms with Crippen molar-refractivity contribution in [3.05, 3.63) is 23.8 Å². The molecule has 0 amide bonds. The van der Waals surface area contributed by atoms with Crippen LogP contribution in [0.25, 0.3) is 0 Å². The summed E-state index contributed by atoms with van der Waals surface area (Å²) in [7, 11) is 9.61. The predicted molar refractivity (Wildman–Crippen MR) is 72.3 cm³/mol. The molecule has 0 fully saturated rings. The van der Waals surface area contributed by atoms with Crippen LogP contribution in [0.1, 0.15) is 10.4 Å². The Bertz CT molecular complexity index is 543. The van der Waals surface area contributed by atoms with Gasteiger partial charge in [0.25, 0.3) is 9.05 Å². The van der Waals surface area contributed by atoms with Crippen LogP contribution >= 0.6 is 32.0 Å². The zero-order valence-corrected chi connectivity index (χ0v) is 13.1. The highest BCUT2D eigenvalue weighted by molar-refractivity contribution is 8.31. The van der Waals surface area contributed by atoms with Gasteiger partial charge in [-0.1, -0.05) is 0 Å². The lowest BCUT2D eigenvalue weighted by atomic mass is 10.2. The zero-order valence-electron chi connectivity index (χ0n) is 9.17. The molecule has 1 aromatic rings. The number of halogens is 3. The Labute approximate surface area is 125 Å². The molecule has 0 bridgehead atoms. The number of methoxy groups -OCH3 is 1. The average molecular weight is 370 g/mol. The van der Waals surface area contributed by atoms with Crippen molar-refractivity contribution in [3.8, 4) is 5.75 Å². The van der Waals surface area contributed by atoms with Gasteiger partial charge in [-0.3, -0.25) is 0 Å². The first-order valence-corrected chi connectivity index (χ1v) is 9.31. The van der Waals surface area contributed by atoms with Gasteiger partial charge in [0.15, 0.2) is 31.0 Å². The summed E-state index contributed by atoms with van der Waals surface area (Å²) in [5.41, 5.74) is -0.251. The standard InChI is InChI=1S/C8H7ClO5S.Cl2OS/c1-14-8(11)6-4-5(15(9,12)13)2-3-7(6)10;1-4(2)3/h2-4,10H,1H3;. The van der Waals surface area contributed by atoms with Crippen molar-refractivity contribution in [2.24, 2.45) is 0 Å². The lowest BCUT2D eigenvalue weighted by molar-refractivity contribution is 0.0597. The summed E-state index contributed by atoms with van der Waals surface area (Å²) in [4.78, 5) is 10.8. The average Bonchev–Trinajstić information content (AvgIpc) is 2.26. The molecular formula is C8H7Cl3O6S2. The summed E-state index contributed by atoms with van der Waals surface area (Å²) in [5, 5.41) is 9.26. The number of carbonyl (C=O) groups is 1. The Morgan fingerprint density at radius 1 is 1.42 bits per heavy atom. The molecule has 0 atom stereocenters. The molecular weight excluding hydrogens is 363 g/mol. The second kappa shape index (κ2) is 8.03. The lowest BCUT2D eigenvalue weighted by Gasteiger charge is -2.03. The van der Waals surface area contributed by atoms with Crippen molar-refractivity contribution in [3.63, 3.8) is 0 Å². The first-order valence-electron chi connectivity index (χ1n) is 4.20. The second-order valence-electron chi connectivity index (χ2n) is 2.79. The van der Waals surface area contributed by atoms with Crippen molar-refractivity contribution < 1.29 is 27.6 Å². The normalized spacial score (nSPS) is 10.6. The van der Waals surface area contributed by atoms with Crippen molar-refractivity contribution >= 4 is 56.7 Å². The highest BCUT2D eigenvalue weighted by Gasteiger charge is 2.17. The third-order valence-corrected chi connectivity index (χ3v) is 3.01. The van der Waals surface area contributed by atoms with E-state index < -0.39 is 24.6 Å². The van der Waals surface area contributed by atoms with Gasteiger partial charge in [-0.2, -0.15) is 0 Å². The van der Waals surface area contributed by atoms with Crippen LogP contribution in [0.5, 0.6) is 5.75 Å². The SMILES string of the molecule is COC(=O)c1cc(S(=O)(=O)Cl)ccc1O.[O-][S+](Cl)Cl. The molecule has 0 aliphatic rings. The molecule has 0 saturated heterocycles.